The molecule has 2 N–H and O–H groups in total. The van der Waals surface area contributed by atoms with E-state index >= 15 is 0 Å². The first-order valence-corrected chi connectivity index (χ1v) is 6.13. The van der Waals surface area contributed by atoms with Crippen LogP contribution < -0.4 is 5.73 Å². The molecule has 0 spiro atoms. The Balaban J connectivity index is 2.32. The van der Waals surface area contributed by atoms with Crippen molar-refractivity contribution < 1.29 is 9.31 Å². The van der Waals surface area contributed by atoms with E-state index in [-0.39, 0.29) is 12.2 Å². The average Bonchev–Trinajstić information content (AvgIpc) is 2.71. The Kier molecular flexibility index (Phi) is 3.92. The minimum atomic E-state index is -0.653. The maximum Gasteiger partial charge on any atom is 0.272 e. The van der Waals surface area contributed by atoms with Crippen molar-refractivity contribution in [1.29, 1.82) is 0 Å². The van der Waals surface area contributed by atoms with Gasteiger partial charge in [-0.25, -0.2) is 9.07 Å². The molecule has 8 heteroatoms. The van der Waals surface area contributed by atoms with Crippen LogP contribution in [0.25, 0.3) is 0 Å². The SMILES string of the molecule is CCCc1c(N)nnn1Cc1cc(F)cc([N+](=O)[O-])c1. The molecule has 0 aliphatic rings. The van der Waals surface area contributed by atoms with Crippen LogP contribution in [0.2, 0.25) is 0 Å². The van der Waals surface area contributed by atoms with Gasteiger partial charge in [0.2, 0.25) is 0 Å². The van der Waals surface area contributed by atoms with Gasteiger partial charge in [-0.05, 0) is 18.1 Å². The van der Waals surface area contributed by atoms with Gasteiger partial charge in [-0.2, -0.15) is 0 Å². The first kappa shape index (κ1) is 13.9. The first-order valence-electron chi connectivity index (χ1n) is 6.13. The maximum atomic E-state index is 13.4. The zero-order valence-corrected chi connectivity index (χ0v) is 10.9. The smallest absolute Gasteiger partial charge is 0.272 e. The molecule has 0 saturated carbocycles. The fourth-order valence-corrected chi connectivity index (χ4v) is 1.97. The minimum absolute atomic E-state index is 0.193. The highest BCUT2D eigenvalue weighted by Crippen LogP contribution is 2.18. The number of benzene rings is 1. The number of nitro groups is 1. The van der Waals surface area contributed by atoms with Gasteiger partial charge in [0.25, 0.3) is 5.69 Å². The van der Waals surface area contributed by atoms with Crippen molar-refractivity contribution >= 4 is 11.5 Å². The van der Waals surface area contributed by atoms with E-state index in [9.17, 15) is 14.5 Å². The normalized spacial score (nSPS) is 10.7. The van der Waals surface area contributed by atoms with Crippen molar-refractivity contribution in [2.24, 2.45) is 0 Å². The first-order chi connectivity index (χ1) is 9.51. The van der Waals surface area contributed by atoms with E-state index in [1.807, 2.05) is 6.92 Å². The number of rotatable bonds is 5. The molecule has 2 aromatic rings. The van der Waals surface area contributed by atoms with Gasteiger partial charge < -0.3 is 5.73 Å². The van der Waals surface area contributed by atoms with Crippen LogP contribution in [0.5, 0.6) is 0 Å². The molecular formula is C12H14FN5O2. The van der Waals surface area contributed by atoms with E-state index in [0.29, 0.717) is 17.8 Å². The largest absolute Gasteiger partial charge is 0.381 e. The molecule has 0 aliphatic carbocycles. The van der Waals surface area contributed by atoms with Gasteiger partial charge in [0, 0.05) is 6.07 Å². The van der Waals surface area contributed by atoms with E-state index in [1.54, 1.807) is 0 Å². The molecule has 2 rings (SSSR count). The summed E-state index contributed by atoms with van der Waals surface area (Å²) in [5.41, 5.74) is 6.62. The number of anilines is 1. The van der Waals surface area contributed by atoms with Gasteiger partial charge in [-0.15, -0.1) is 5.10 Å². The number of nitrogen functional groups attached to an aromatic ring is 1. The highest BCUT2D eigenvalue weighted by molar-refractivity contribution is 5.37. The summed E-state index contributed by atoms with van der Waals surface area (Å²) in [4.78, 5) is 10.1. The van der Waals surface area contributed by atoms with E-state index in [0.717, 1.165) is 18.2 Å². The summed E-state index contributed by atoms with van der Waals surface area (Å²) in [6, 6.07) is 3.43. The van der Waals surface area contributed by atoms with Gasteiger partial charge in [0.15, 0.2) is 5.82 Å². The molecule has 106 valence electrons. The topological polar surface area (TPSA) is 99.9 Å². The van der Waals surface area contributed by atoms with Crippen molar-refractivity contribution in [3.8, 4) is 0 Å². The molecular weight excluding hydrogens is 265 g/mol. The van der Waals surface area contributed by atoms with E-state index in [1.165, 1.54) is 16.8 Å². The van der Waals surface area contributed by atoms with Crippen molar-refractivity contribution in [3.05, 3.63) is 45.4 Å². The number of nitro benzene ring substituents is 1. The second-order valence-electron chi connectivity index (χ2n) is 4.40. The number of hydrogen-bond donors (Lipinski definition) is 1. The number of non-ortho nitro benzene ring substituents is 1. The fraction of sp³-hybridized carbons (Fsp3) is 0.333. The monoisotopic (exact) mass is 279 g/mol. The third-order valence-corrected chi connectivity index (χ3v) is 2.84. The number of halogens is 1. The Morgan fingerprint density at radius 1 is 1.45 bits per heavy atom. The highest BCUT2D eigenvalue weighted by atomic mass is 19.1. The fourth-order valence-electron chi connectivity index (χ4n) is 1.97. The lowest BCUT2D eigenvalue weighted by atomic mass is 10.2. The second-order valence-corrected chi connectivity index (χ2v) is 4.40. The molecule has 0 fully saturated rings. The summed E-state index contributed by atoms with van der Waals surface area (Å²) >= 11 is 0. The summed E-state index contributed by atoms with van der Waals surface area (Å²) in [7, 11) is 0. The Labute approximate surface area is 114 Å². The summed E-state index contributed by atoms with van der Waals surface area (Å²) in [5, 5.41) is 18.4. The lowest BCUT2D eigenvalue weighted by molar-refractivity contribution is -0.385. The standard InChI is InChI=1S/C12H14FN5O2/c1-2-3-11-12(14)15-16-17(11)7-8-4-9(13)6-10(5-8)18(19)20/h4-6H,2-3,7,14H2,1H3. The minimum Gasteiger partial charge on any atom is -0.381 e. The lowest BCUT2D eigenvalue weighted by Gasteiger charge is -2.06. The number of nitrogens with zero attached hydrogens (tertiary/aromatic N) is 4. The third-order valence-electron chi connectivity index (χ3n) is 2.84. The van der Waals surface area contributed by atoms with E-state index < -0.39 is 10.7 Å². The van der Waals surface area contributed by atoms with Gasteiger partial charge in [-0.3, -0.25) is 10.1 Å². The van der Waals surface area contributed by atoms with E-state index in [2.05, 4.69) is 10.3 Å². The van der Waals surface area contributed by atoms with Crippen LogP contribution in [0, 0.1) is 15.9 Å². The number of nitrogens with two attached hydrogens (primary N) is 1. The summed E-state index contributed by atoms with van der Waals surface area (Å²) in [6.45, 7) is 2.18. The second kappa shape index (κ2) is 5.64. The third kappa shape index (κ3) is 2.90. The summed E-state index contributed by atoms with van der Waals surface area (Å²) in [5.74, 6) is -0.322. The Morgan fingerprint density at radius 2 is 2.20 bits per heavy atom. The molecule has 0 unspecified atom stereocenters. The van der Waals surface area contributed by atoms with E-state index in [4.69, 9.17) is 5.73 Å². The number of aromatic nitrogens is 3. The highest BCUT2D eigenvalue weighted by Gasteiger charge is 2.13. The molecule has 0 atom stereocenters. The van der Waals surface area contributed by atoms with Gasteiger partial charge in [-0.1, -0.05) is 18.6 Å². The molecule has 0 bridgehead atoms. The molecule has 1 aromatic carbocycles. The van der Waals surface area contributed by atoms with Crippen LogP contribution in [0.3, 0.4) is 0 Å². The zero-order chi connectivity index (χ0) is 14.7. The Morgan fingerprint density at radius 3 is 2.85 bits per heavy atom. The molecule has 1 aromatic heterocycles. The van der Waals surface area contributed by atoms with Crippen molar-refractivity contribution in [1.82, 2.24) is 15.0 Å². The number of hydrogen-bond acceptors (Lipinski definition) is 5. The van der Waals surface area contributed by atoms with Crippen molar-refractivity contribution in [2.75, 3.05) is 5.73 Å². The van der Waals surface area contributed by atoms with Crippen LogP contribution >= 0.6 is 0 Å². The van der Waals surface area contributed by atoms with Gasteiger partial charge in [0.1, 0.15) is 5.82 Å². The van der Waals surface area contributed by atoms with Crippen LogP contribution in [0.15, 0.2) is 18.2 Å². The van der Waals surface area contributed by atoms with Crippen molar-refractivity contribution in [2.45, 2.75) is 26.3 Å². The molecule has 1 heterocycles. The summed E-state index contributed by atoms with van der Waals surface area (Å²) < 4.78 is 14.9. The summed E-state index contributed by atoms with van der Waals surface area (Å²) in [6.07, 6.45) is 1.55. The average molecular weight is 279 g/mol. The molecule has 20 heavy (non-hydrogen) atoms. The molecule has 7 nitrogen and oxygen atoms in total. The molecule has 0 radical (unpaired) electrons. The zero-order valence-electron chi connectivity index (χ0n) is 10.9. The van der Waals surface area contributed by atoms with Crippen LogP contribution in [0.1, 0.15) is 24.6 Å². The lowest BCUT2D eigenvalue weighted by Crippen LogP contribution is -2.08. The Hall–Kier alpha value is -2.51. The maximum absolute atomic E-state index is 13.4. The van der Waals surface area contributed by atoms with Gasteiger partial charge >= 0.3 is 0 Å². The van der Waals surface area contributed by atoms with Crippen LogP contribution in [-0.2, 0) is 13.0 Å². The predicted molar refractivity (Wildman–Crippen MR) is 70.6 cm³/mol. The quantitative estimate of drug-likeness (QED) is 0.665. The molecule has 0 aliphatic heterocycles. The predicted octanol–water partition coefficient (Wildman–Crippen LogP) is 1.91. The Bertz CT molecular complexity index is 641. The van der Waals surface area contributed by atoms with Crippen molar-refractivity contribution in [3.63, 3.8) is 0 Å². The molecule has 0 amide bonds. The van der Waals surface area contributed by atoms with Crippen LogP contribution in [-0.4, -0.2) is 19.9 Å². The van der Waals surface area contributed by atoms with Crippen LogP contribution in [0.4, 0.5) is 15.9 Å². The van der Waals surface area contributed by atoms with Gasteiger partial charge in [0.05, 0.1) is 23.2 Å². The molecule has 0 saturated heterocycles.